The Kier molecular flexibility index (Phi) is 5.23. The lowest BCUT2D eigenvalue weighted by molar-refractivity contribution is -0.124. The van der Waals surface area contributed by atoms with Crippen molar-refractivity contribution in [3.63, 3.8) is 0 Å². The van der Waals surface area contributed by atoms with Gasteiger partial charge >= 0.3 is 0 Å². The van der Waals surface area contributed by atoms with Gasteiger partial charge < -0.3 is 11.1 Å². The number of Topliss-reactive ketones (excluding diaryl/α,β-unsaturated/α-hetero) is 1. The van der Waals surface area contributed by atoms with Crippen molar-refractivity contribution < 1.29 is 9.59 Å². The van der Waals surface area contributed by atoms with Gasteiger partial charge in [0.25, 0.3) is 0 Å². The summed E-state index contributed by atoms with van der Waals surface area (Å²) < 4.78 is 0. The van der Waals surface area contributed by atoms with Gasteiger partial charge in [0.05, 0.1) is 19.5 Å². The molecule has 3 N–H and O–H groups in total. The van der Waals surface area contributed by atoms with Gasteiger partial charge in [0, 0.05) is 0 Å². The first-order chi connectivity index (χ1) is 10.2. The molecule has 0 saturated carbocycles. The van der Waals surface area contributed by atoms with Gasteiger partial charge in [-0.25, -0.2) is 0 Å². The van der Waals surface area contributed by atoms with Gasteiger partial charge in [-0.15, -0.1) is 0 Å². The summed E-state index contributed by atoms with van der Waals surface area (Å²) in [6.45, 7) is -0.0581. The highest BCUT2D eigenvalue weighted by molar-refractivity contribution is 5.88. The van der Waals surface area contributed by atoms with E-state index >= 15 is 0 Å². The van der Waals surface area contributed by atoms with Crippen LogP contribution in [0.15, 0.2) is 54.6 Å². The molecule has 108 valence electrons. The van der Waals surface area contributed by atoms with Crippen LogP contribution in [0.3, 0.4) is 0 Å². The molecule has 0 bridgehead atoms. The summed E-state index contributed by atoms with van der Waals surface area (Å²) in [5.41, 5.74) is 8.28. The van der Waals surface area contributed by atoms with Crippen LogP contribution in [0.1, 0.15) is 5.56 Å². The second kappa shape index (κ2) is 7.36. The Morgan fingerprint density at radius 1 is 0.952 bits per heavy atom. The molecular weight excluding hydrogens is 264 g/mol. The van der Waals surface area contributed by atoms with Gasteiger partial charge in [-0.2, -0.15) is 0 Å². The molecular formula is C17H18N2O2. The van der Waals surface area contributed by atoms with Crippen molar-refractivity contribution in [2.75, 3.05) is 13.1 Å². The van der Waals surface area contributed by atoms with Gasteiger partial charge in [0.1, 0.15) is 0 Å². The molecule has 0 aromatic heterocycles. The zero-order valence-electron chi connectivity index (χ0n) is 11.7. The van der Waals surface area contributed by atoms with Crippen molar-refractivity contribution in [1.82, 2.24) is 5.32 Å². The van der Waals surface area contributed by atoms with Crippen LogP contribution in [0, 0.1) is 0 Å². The fourth-order valence-corrected chi connectivity index (χ4v) is 2.01. The molecule has 21 heavy (non-hydrogen) atoms. The van der Waals surface area contributed by atoms with E-state index in [1.54, 1.807) is 0 Å². The van der Waals surface area contributed by atoms with Crippen LogP contribution in [0.2, 0.25) is 0 Å². The first kappa shape index (κ1) is 14.9. The van der Waals surface area contributed by atoms with Crippen LogP contribution < -0.4 is 11.1 Å². The number of carbonyl (C=O) groups excluding carboxylic acids is 2. The Bertz CT molecular complexity index is 624. The van der Waals surface area contributed by atoms with E-state index in [4.69, 9.17) is 5.73 Å². The van der Waals surface area contributed by atoms with Crippen LogP contribution in [-0.2, 0) is 16.0 Å². The fourth-order valence-electron chi connectivity index (χ4n) is 2.01. The molecule has 2 aromatic rings. The third kappa shape index (κ3) is 4.54. The smallest absolute Gasteiger partial charge is 0.224 e. The number of hydrogen-bond donors (Lipinski definition) is 2. The first-order valence-electron chi connectivity index (χ1n) is 6.82. The van der Waals surface area contributed by atoms with Gasteiger partial charge in [0.2, 0.25) is 5.91 Å². The molecule has 0 radical (unpaired) electrons. The van der Waals surface area contributed by atoms with Gasteiger partial charge in [-0.3, -0.25) is 9.59 Å². The topological polar surface area (TPSA) is 72.2 Å². The Hall–Kier alpha value is -2.46. The van der Waals surface area contributed by atoms with E-state index in [0.29, 0.717) is 0 Å². The zero-order chi connectivity index (χ0) is 15.1. The fraction of sp³-hybridized carbons (Fsp3) is 0.176. The lowest BCUT2D eigenvalue weighted by Crippen LogP contribution is -2.33. The first-order valence-corrected chi connectivity index (χ1v) is 6.82. The predicted octanol–water partition coefficient (Wildman–Crippen LogP) is 1.54. The van der Waals surface area contributed by atoms with Crippen molar-refractivity contribution in [1.29, 1.82) is 0 Å². The lowest BCUT2D eigenvalue weighted by Gasteiger charge is -2.06. The van der Waals surface area contributed by atoms with Gasteiger partial charge in [0.15, 0.2) is 5.78 Å². The van der Waals surface area contributed by atoms with Crippen LogP contribution in [0.5, 0.6) is 0 Å². The SMILES string of the molecule is NCC(=O)CNC(=O)Cc1cccc(-c2ccccc2)c1. The molecule has 2 rings (SSSR count). The van der Waals surface area contributed by atoms with Crippen molar-refractivity contribution in [2.24, 2.45) is 5.73 Å². The van der Waals surface area contributed by atoms with E-state index in [2.05, 4.69) is 5.32 Å². The van der Waals surface area contributed by atoms with Crippen LogP contribution in [-0.4, -0.2) is 24.8 Å². The number of nitrogens with two attached hydrogens (primary N) is 1. The van der Waals surface area contributed by atoms with E-state index in [0.717, 1.165) is 16.7 Å². The predicted molar refractivity (Wildman–Crippen MR) is 82.7 cm³/mol. The molecule has 0 fully saturated rings. The average Bonchev–Trinajstić information content (AvgIpc) is 2.53. The van der Waals surface area contributed by atoms with Crippen LogP contribution in [0.4, 0.5) is 0 Å². The summed E-state index contributed by atoms with van der Waals surface area (Å²) in [7, 11) is 0. The second-order valence-electron chi connectivity index (χ2n) is 4.76. The number of nitrogens with one attached hydrogen (secondary N) is 1. The molecule has 2 aromatic carbocycles. The molecule has 4 nitrogen and oxygen atoms in total. The maximum Gasteiger partial charge on any atom is 0.224 e. The highest BCUT2D eigenvalue weighted by Gasteiger charge is 2.06. The standard InChI is InChI=1S/C17H18N2O2/c18-11-16(20)12-19-17(21)10-13-5-4-8-15(9-13)14-6-2-1-3-7-14/h1-9H,10-12,18H2,(H,19,21). The molecule has 0 aliphatic rings. The van der Waals surface area contributed by atoms with Crippen molar-refractivity contribution in [2.45, 2.75) is 6.42 Å². The summed E-state index contributed by atoms with van der Waals surface area (Å²) in [4.78, 5) is 22.8. The molecule has 4 heteroatoms. The van der Waals surface area contributed by atoms with Crippen LogP contribution >= 0.6 is 0 Å². The molecule has 0 atom stereocenters. The quantitative estimate of drug-likeness (QED) is 0.844. The highest BCUT2D eigenvalue weighted by Crippen LogP contribution is 2.20. The number of ketones is 1. The molecule has 0 unspecified atom stereocenters. The minimum Gasteiger partial charge on any atom is -0.349 e. The molecule has 0 saturated heterocycles. The Labute approximate surface area is 124 Å². The maximum atomic E-state index is 11.8. The highest BCUT2D eigenvalue weighted by atomic mass is 16.2. The Morgan fingerprint density at radius 3 is 2.38 bits per heavy atom. The zero-order valence-corrected chi connectivity index (χ0v) is 11.7. The van der Waals surface area contributed by atoms with Crippen molar-refractivity contribution in [3.8, 4) is 11.1 Å². The monoisotopic (exact) mass is 282 g/mol. The summed E-state index contributed by atoms with van der Waals surface area (Å²) in [5.74, 6) is -0.358. The molecule has 1 amide bonds. The minimum atomic E-state index is -0.179. The van der Waals surface area contributed by atoms with Crippen LogP contribution in [0.25, 0.3) is 11.1 Å². The number of benzene rings is 2. The molecule has 0 aliphatic heterocycles. The average molecular weight is 282 g/mol. The number of amides is 1. The Balaban J connectivity index is 2.01. The Morgan fingerprint density at radius 2 is 1.67 bits per heavy atom. The van der Waals surface area contributed by atoms with E-state index in [1.165, 1.54) is 0 Å². The minimum absolute atomic E-state index is 0.00624. The summed E-state index contributed by atoms with van der Waals surface area (Å²) in [6.07, 6.45) is 0.249. The van der Waals surface area contributed by atoms with E-state index < -0.39 is 0 Å². The van der Waals surface area contributed by atoms with E-state index in [9.17, 15) is 9.59 Å². The summed E-state index contributed by atoms with van der Waals surface area (Å²) >= 11 is 0. The van der Waals surface area contributed by atoms with Gasteiger partial charge in [-0.1, -0.05) is 54.6 Å². The third-order valence-electron chi connectivity index (χ3n) is 3.11. The van der Waals surface area contributed by atoms with Crippen molar-refractivity contribution in [3.05, 3.63) is 60.2 Å². The summed E-state index contributed by atoms with van der Waals surface area (Å²) in [5, 5.41) is 2.57. The summed E-state index contributed by atoms with van der Waals surface area (Å²) in [6, 6.07) is 17.8. The molecule has 0 spiro atoms. The van der Waals surface area contributed by atoms with E-state index in [1.807, 2.05) is 54.6 Å². The number of rotatable bonds is 6. The van der Waals surface area contributed by atoms with Crippen molar-refractivity contribution >= 4 is 11.7 Å². The normalized spacial score (nSPS) is 10.1. The lowest BCUT2D eigenvalue weighted by atomic mass is 10.0. The number of carbonyl (C=O) groups is 2. The largest absolute Gasteiger partial charge is 0.349 e. The molecule has 0 heterocycles. The second-order valence-corrected chi connectivity index (χ2v) is 4.76. The number of hydrogen-bond acceptors (Lipinski definition) is 3. The van der Waals surface area contributed by atoms with Gasteiger partial charge in [-0.05, 0) is 16.7 Å². The molecule has 0 aliphatic carbocycles. The third-order valence-corrected chi connectivity index (χ3v) is 3.11. The maximum absolute atomic E-state index is 11.8. The van der Waals surface area contributed by atoms with E-state index in [-0.39, 0.29) is 31.2 Å².